The van der Waals surface area contributed by atoms with Gasteiger partial charge in [-0.3, -0.25) is 9.69 Å². The molecule has 1 fully saturated rings. The van der Waals surface area contributed by atoms with Crippen molar-refractivity contribution in [1.29, 1.82) is 0 Å². The van der Waals surface area contributed by atoms with E-state index in [0.717, 1.165) is 61.8 Å². The molecule has 2 atom stereocenters. The van der Waals surface area contributed by atoms with E-state index in [0.29, 0.717) is 30.4 Å². The highest BCUT2D eigenvalue weighted by Gasteiger charge is 2.33. The summed E-state index contributed by atoms with van der Waals surface area (Å²) in [5.41, 5.74) is 1.30. The topological polar surface area (TPSA) is 108 Å². The van der Waals surface area contributed by atoms with Gasteiger partial charge in [-0.15, -0.1) is 0 Å². The predicted molar refractivity (Wildman–Crippen MR) is 154 cm³/mol. The number of nitrogens with zero attached hydrogens (tertiary/aromatic N) is 1. The molecule has 2 aliphatic heterocycles. The molecule has 1 saturated heterocycles. The van der Waals surface area contributed by atoms with E-state index in [2.05, 4.69) is 14.9 Å². The van der Waals surface area contributed by atoms with Gasteiger partial charge in [0.25, 0.3) is 0 Å². The number of amides is 1. The van der Waals surface area contributed by atoms with E-state index in [1.165, 1.54) is 0 Å². The number of halogens is 3. The minimum atomic E-state index is -4.71. The fourth-order valence-corrected chi connectivity index (χ4v) is 6.73. The monoisotopic (exact) mass is 617 g/mol. The summed E-state index contributed by atoms with van der Waals surface area (Å²) in [7, 11) is -4.41. The zero-order valence-electron chi connectivity index (χ0n) is 23.4. The lowest BCUT2D eigenvalue weighted by Crippen LogP contribution is -2.37. The van der Waals surface area contributed by atoms with E-state index in [4.69, 9.17) is 4.74 Å². The first-order valence-electron chi connectivity index (χ1n) is 14.2. The third-order valence-electron chi connectivity index (χ3n) is 7.78. The summed E-state index contributed by atoms with van der Waals surface area (Å²) >= 11 is 0. The molecule has 3 aromatic rings. The smallest absolute Gasteiger partial charge is 0.416 e. The number of carbonyl (C=O) groups is 1. The van der Waals surface area contributed by atoms with Gasteiger partial charge in [-0.1, -0.05) is 48.5 Å². The molecular formula is C31H34F3N3O5S. The second-order valence-corrected chi connectivity index (χ2v) is 12.7. The number of hydrogen-bond acceptors (Lipinski definition) is 6. The van der Waals surface area contributed by atoms with Crippen LogP contribution in [0.4, 0.5) is 13.2 Å². The van der Waals surface area contributed by atoms with Crippen LogP contribution in [0.25, 0.3) is 0 Å². The fourth-order valence-electron chi connectivity index (χ4n) is 5.46. The van der Waals surface area contributed by atoms with Crippen molar-refractivity contribution in [2.75, 3.05) is 19.7 Å². The van der Waals surface area contributed by atoms with Gasteiger partial charge in [-0.2, -0.15) is 13.2 Å². The SMILES string of the molecule is O=C(C[C@@H](NS(=O)(=O)c1cccc(C(F)(F)F)c1)c1ccccc1)N[C@@H]1CCOc2cc(CN3CCC(O)CC3)ccc21. The quantitative estimate of drug-likeness (QED) is 0.321. The number of rotatable bonds is 9. The highest BCUT2D eigenvalue weighted by Crippen LogP contribution is 2.34. The summed E-state index contributed by atoms with van der Waals surface area (Å²) in [5, 5.41) is 12.8. The zero-order chi connectivity index (χ0) is 30.6. The van der Waals surface area contributed by atoms with Crippen LogP contribution in [0.1, 0.15) is 60.0 Å². The number of fused-ring (bicyclic) bond motifs is 1. The molecule has 0 bridgehead atoms. The molecule has 0 aliphatic carbocycles. The van der Waals surface area contributed by atoms with Gasteiger partial charge in [-0.25, -0.2) is 13.1 Å². The van der Waals surface area contributed by atoms with Gasteiger partial charge in [0.05, 0.1) is 35.3 Å². The molecule has 0 saturated carbocycles. The first-order chi connectivity index (χ1) is 20.5. The molecule has 43 heavy (non-hydrogen) atoms. The summed E-state index contributed by atoms with van der Waals surface area (Å²) < 4.78 is 74.4. The Labute approximate surface area is 248 Å². The second-order valence-electron chi connectivity index (χ2n) is 11.0. The summed E-state index contributed by atoms with van der Waals surface area (Å²) in [6.07, 6.45) is -3.21. The lowest BCUT2D eigenvalue weighted by Gasteiger charge is -2.31. The number of aliphatic hydroxyl groups is 1. The van der Waals surface area contributed by atoms with Gasteiger partial charge in [0, 0.05) is 38.0 Å². The minimum absolute atomic E-state index is 0.245. The Balaban J connectivity index is 1.29. The Bertz CT molecular complexity index is 1530. The normalized spacial score (nSPS) is 18.8. The highest BCUT2D eigenvalue weighted by atomic mass is 32.2. The second kappa shape index (κ2) is 13.0. The van der Waals surface area contributed by atoms with Crippen LogP contribution in [0, 0.1) is 0 Å². The summed E-state index contributed by atoms with van der Waals surface area (Å²) in [6, 6.07) is 16.4. The van der Waals surface area contributed by atoms with Gasteiger partial charge < -0.3 is 15.2 Å². The Hall–Kier alpha value is -3.45. The van der Waals surface area contributed by atoms with Crippen molar-refractivity contribution in [1.82, 2.24) is 14.9 Å². The van der Waals surface area contributed by atoms with E-state index >= 15 is 0 Å². The van der Waals surface area contributed by atoms with Gasteiger partial charge in [0.2, 0.25) is 15.9 Å². The van der Waals surface area contributed by atoms with Crippen molar-refractivity contribution in [3.05, 3.63) is 95.1 Å². The van der Waals surface area contributed by atoms with Crippen LogP contribution in [-0.4, -0.2) is 50.1 Å². The maximum atomic E-state index is 13.3. The van der Waals surface area contributed by atoms with Crippen LogP contribution in [0.3, 0.4) is 0 Å². The Morgan fingerprint density at radius 1 is 1.00 bits per heavy atom. The number of likely N-dealkylation sites (tertiary alicyclic amines) is 1. The van der Waals surface area contributed by atoms with Crippen molar-refractivity contribution < 1.29 is 36.2 Å². The summed E-state index contributed by atoms with van der Waals surface area (Å²) in [4.78, 5) is 15.0. The average molecular weight is 618 g/mol. The third-order valence-corrected chi connectivity index (χ3v) is 9.25. The number of aliphatic hydroxyl groups excluding tert-OH is 1. The molecule has 12 heteroatoms. The van der Waals surface area contributed by atoms with Crippen LogP contribution in [0.2, 0.25) is 0 Å². The Morgan fingerprint density at radius 3 is 2.47 bits per heavy atom. The number of ether oxygens (including phenoxy) is 1. The number of alkyl halides is 3. The third kappa shape index (κ3) is 7.94. The van der Waals surface area contributed by atoms with E-state index in [-0.39, 0.29) is 18.6 Å². The number of nitrogens with one attached hydrogen (secondary N) is 2. The molecule has 3 N–H and O–H groups in total. The van der Waals surface area contributed by atoms with Gasteiger partial charge in [0.15, 0.2) is 0 Å². The highest BCUT2D eigenvalue weighted by molar-refractivity contribution is 7.89. The van der Waals surface area contributed by atoms with E-state index < -0.39 is 38.6 Å². The molecule has 5 rings (SSSR count). The van der Waals surface area contributed by atoms with Crippen LogP contribution in [0.15, 0.2) is 77.7 Å². The van der Waals surface area contributed by atoms with Crippen molar-refractivity contribution in [3.63, 3.8) is 0 Å². The molecular weight excluding hydrogens is 583 g/mol. The maximum Gasteiger partial charge on any atom is 0.416 e. The zero-order valence-corrected chi connectivity index (χ0v) is 24.2. The van der Waals surface area contributed by atoms with Crippen molar-refractivity contribution in [2.45, 2.75) is 61.5 Å². The van der Waals surface area contributed by atoms with E-state index in [9.17, 15) is 31.5 Å². The van der Waals surface area contributed by atoms with Gasteiger partial charge in [-0.05, 0) is 48.2 Å². The molecule has 1 amide bonds. The Kier molecular flexibility index (Phi) is 9.40. The number of sulfonamides is 1. The first kappa shape index (κ1) is 31.0. The lowest BCUT2D eigenvalue weighted by atomic mass is 9.97. The molecule has 0 aromatic heterocycles. The average Bonchev–Trinajstić information content (AvgIpc) is 2.98. The number of hydrogen-bond donors (Lipinski definition) is 3. The van der Waals surface area contributed by atoms with Crippen LogP contribution in [-0.2, 0) is 27.5 Å². The van der Waals surface area contributed by atoms with Crippen molar-refractivity contribution in [3.8, 4) is 5.75 Å². The molecule has 0 unspecified atom stereocenters. The summed E-state index contributed by atoms with van der Waals surface area (Å²) in [6.45, 7) is 2.75. The van der Waals surface area contributed by atoms with Gasteiger partial charge in [0.1, 0.15) is 5.75 Å². The fraction of sp³-hybridized carbons (Fsp3) is 0.387. The first-order valence-corrected chi connectivity index (χ1v) is 15.7. The molecule has 0 radical (unpaired) electrons. The van der Waals surface area contributed by atoms with E-state index in [1.54, 1.807) is 30.3 Å². The van der Waals surface area contributed by atoms with Crippen LogP contribution in [0.5, 0.6) is 5.75 Å². The number of carbonyl (C=O) groups excluding carboxylic acids is 1. The molecule has 2 aliphatic rings. The summed E-state index contributed by atoms with van der Waals surface area (Å²) in [5.74, 6) is 0.255. The van der Waals surface area contributed by atoms with Crippen molar-refractivity contribution in [2.24, 2.45) is 0 Å². The molecule has 8 nitrogen and oxygen atoms in total. The van der Waals surface area contributed by atoms with E-state index in [1.807, 2.05) is 18.2 Å². The van der Waals surface area contributed by atoms with Crippen LogP contribution >= 0.6 is 0 Å². The number of benzene rings is 3. The molecule has 230 valence electrons. The Morgan fingerprint density at radius 2 is 1.74 bits per heavy atom. The maximum absolute atomic E-state index is 13.3. The van der Waals surface area contributed by atoms with Crippen molar-refractivity contribution >= 4 is 15.9 Å². The number of piperidine rings is 1. The lowest BCUT2D eigenvalue weighted by molar-refractivity contribution is -0.137. The standard InChI is InChI=1S/C31H34F3N3O5S/c32-31(33,34)23-7-4-8-25(18-23)43(40,41)36-28(22-5-2-1-3-6-22)19-30(39)35-27-13-16-42-29-17-21(9-10-26(27)29)20-37-14-11-24(38)12-15-37/h1-10,17-18,24,27-28,36,38H,11-16,19-20H2,(H,35,39)/t27-,28-/m1/s1. The molecule has 0 spiro atoms. The molecule has 2 heterocycles. The minimum Gasteiger partial charge on any atom is -0.493 e. The predicted octanol–water partition coefficient (Wildman–Crippen LogP) is 4.71. The largest absolute Gasteiger partial charge is 0.493 e. The van der Waals surface area contributed by atoms with Gasteiger partial charge >= 0.3 is 6.18 Å². The molecule has 3 aromatic carbocycles. The van der Waals surface area contributed by atoms with Crippen LogP contribution < -0.4 is 14.8 Å².